The van der Waals surface area contributed by atoms with Gasteiger partial charge in [-0.1, -0.05) is 59.6 Å². The molecule has 9 heteroatoms. The second kappa shape index (κ2) is 8.14. The van der Waals surface area contributed by atoms with Gasteiger partial charge in [-0.15, -0.1) is 4.83 Å². The number of fused-ring (bicyclic) bond motifs is 1. The van der Waals surface area contributed by atoms with Gasteiger partial charge in [0.25, 0.3) is 15.9 Å². The lowest BCUT2D eigenvalue weighted by Crippen LogP contribution is -2.43. The van der Waals surface area contributed by atoms with Crippen molar-refractivity contribution < 1.29 is 17.9 Å². The third-order valence-electron chi connectivity index (χ3n) is 3.60. The van der Waals surface area contributed by atoms with Gasteiger partial charge in [0.1, 0.15) is 10.6 Å². The van der Waals surface area contributed by atoms with Gasteiger partial charge < -0.3 is 4.74 Å². The summed E-state index contributed by atoms with van der Waals surface area (Å²) in [5.74, 6) is -0.198. The van der Waals surface area contributed by atoms with Crippen molar-refractivity contribution in [3.8, 4) is 5.75 Å². The van der Waals surface area contributed by atoms with Gasteiger partial charge in [-0.3, -0.25) is 10.2 Å². The van der Waals surface area contributed by atoms with Crippen molar-refractivity contribution in [2.45, 2.75) is 4.90 Å². The maximum atomic E-state index is 12.3. The van der Waals surface area contributed by atoms with Gasteiger partial charge in [0.2, 0.25) is 0 Å². The van der Waals surface area contributed by atoms with E-state index in [0.717, 1.165) is 10.8 Å². The van der Waals surface area contributed by atoms with Crippen molar-refractivity contribution in [2.75, 3.05) is 6.61 Å². The van der Waals surface area contributed by atoms with Crippen molar-refractivity contribution in [1.29, 1.82) is 0 Å². The summed E-state index contributed by atoms with van der Waals surface area (Å²) in [6, 6.07) is 17.4. The van der Waals surface area contributed by atoms with Gasteiger partial charge >= 0.3 is 0 Å². The molecular formula is C18H14Cl2N2O4S. The molecule has 0 radical (unpaired) electrons. The highest BCUT2D eigenvalue weighted by Gasteiger charge is 2.22. The average Bonchev–Trinajstić information content (AvgIpc) is 2.64. The molecule has 140 valence electrons. The molecule has 0 saturated heterocycles. The average molecular weight is 425 g/mol. The number of hydrazine groups is 1. The van der Waals surface area contributed by atoms with Crippen molar-refractivity contribution in [1.82, 2.24) is 10.3 Å². The minimum absolute atomic E-state index is 0.0586. The van der Waals surface area contributed by atoms with E-state index in [0.29, 0.717) is 5.75 Å². The smallest absolute Gasteiger partial charge is 0.272 e. The van der Waals surface area contributed by atoms with Gasteiger partial charge in [-0.05, 0) is 35.0 Å². The molecule has 0 aliphatic heterocycles. The first-order valence-corrected chi connectivity index (χ1v) is 9.97. The zero-order valence-electron chi connectivity index (χ0n) is 13.8. The Kier molecular flexibility index (Phi) is 5.86. The van der Waals surface area contributed by atoms with Gasteiger partial charge in [0.15, 0.2) is 6.61 Å². The van der Waals surface area contributed by atoms with E-state index in [1.165, 1.54) is 18.2 Å². The van der Waals surface area contributed by atoms with Crippen LogP contribution in [0.5, 0.6) is 5.75 Å². The summed E-state index contributed by atoms with van der Waals surface area (Å²) in [5, 5.41) is 1.89. The van der Waals surface area contributed by atoms with E-state index in [4.69, 9.17) is 27.9 Å². The molecular weight excluding hydrogens is 411 g/mol. The van der Waals surface area contributed by atoms with Crippen molar-refractivity contribution >= 4 is 49.9 Å². The van der Waals surface area contributed by atoms with E-state index in [2.05, 4.69) is 5.43 Å². The summed E-state index contributed by atoms with van der Waals surface area (Å²) in [4.78, 5) is 13.5. The van der Waals surface area contributed by atoms with E-state index in [1.54, 1.807) is 12.1 Å². The number of nitrogens with one attached hydrogen (secondary N) is 2. The summed E-state index contributed by atoms with van der Waals surface area (Å²) < 4.78 is 29.9. The van der Waals surface area contributed by atoms with Crippen LogP contribution in [0.3, 0.4) is 0 Å². The maximum absolute atomic E-state index is 12.3. The Labute approximate surface area is 166 Å². The Bertz CT molecular complexity index is 1080. The molecule has 0 heterocycles. The highest BCUT2D eigenvalue weighted by Crippen LogP contribution is 2.28. The fourth-order valence-electron chi connectivity index (χ4n) is 2.36. The second-order valence-electron chi connectivity index (χ2n) is 5.50. The SMILES string of the molecule is O=C(COc1ccc2ccccc2c1)NNS(=O)(=O)c1c(Cl)cccc1Cl. The summed E-state index contributed by atoms with van der Waals surface area (Å²) in [5.41, 5.74) is 2.06. The first kappa shape index (κ1) is 19.4. The number of carbonyl (C=O) groups excluding carboxylic acids is 1. The lowest BCUT2D eigenvalue weighted by molar-refractivity contribution is -0.123. The molecule has 2 N–H and O–H groups in total. The van der Waals surface area contributed by atoms with Crippen LogP contribution in [0.15, 0.2) is 65.6 Å². The van der Waals surface area contributed by atoms with Crippen LogP contribution < -0.4 is 15.0 Å². The molecule has 0 aliphatic rings. The summed E-state index contributed by atoms with van der Waals surface area (Å²) >= 11 is 11.8. The number of carbonyl (C=O) groups is 1. The zero-order chi connectivity index (χ0) is 19.4. The summed E-state index contributed by atoms with van der Waals surface area (Å²) in [7, 11) is -4.13. The van der Waals surface area contributed by atoms with E-state index in [-0.39, 0.29) is 21.5 Å². The quantitative estimate of drug-likeness (QED) is 0.592. The van der Waals surface area contributed by atoms with Crippen molar-refractivity contribution in [3.05, 3.63) is 70.7 Å². The molecule has 1 amide bonds. The zero-order valence-corrected chi connectivity index (χ0v) is 16.1. The molecule has 0 spiro atoms. The number of hydrogen-bond acceptors (Lipinski definition) is 4. The minimum atomic E-state index is -4.13. The van der Waals surface area contributed by atoms with Crippen LogP contribution in [0.1, 0.15) is 0 Å². The van der Waals surface area contributed by atoms with E-state index >= 15 is 0 Å². The lowest BCUT2D eigenvalue weighted by atomic mass is 10.1. The Morgan fingerprint density at radius 3 is 2.30 bits per heavy atom. The number of halogens is 2. The van der Waals surface area contributed by atoms with Gasteiger partial charge in [0, 0.05) is 0 Å². The predicted octanol–water partition coefficient (Wildman–Crippen LogP) is 3.54. The topological polar surface area (TPSA) is 84.5 Å². The molecule has 0 bridgehead atoms. The van der Waals surface area contributed by atoms with Gasteiger partial charge in [-0.2, -0.15) is 0 Å². The van der Waals surface area contributed by atoms with E-state index in [1.807, 2.05) is 35.2 Å². The standard InChI is InChI=1S/C18H14Cl2N2O4S/c19-15-6-3-7-16(20)18(15)27(24,25)22-21-17(23)11-26-14-9-8-12-4-1-2-5-13(12)10-14/h1-10,22H,11H2,(H,21,23). The molecule has 0 saturated carbocycles. The number of rotatable bonds is 6. The molecule has 0 unspecified atom stereocenters. The molecule has 0 fully saturated rings. The third-order valence-corrected chi connectivity index (χ3v) is 5.81. The van der Waals surface area contributed by atoms with Crippen LogP contribution in [0.25, 0.3) is 10.8 Å². The normalized spacial score (nSPS) is 11.3. The van der Waals surface area contributed by atoms with Crippen LogP contribution in [-0.2, 0) is 14.8 Å². The number of benzene rings is 3. The Balaban J connectivity index is 1.60. The maximum Gasteiger partial charge on any atom is 0.272 e. The lowest BCUT2D eigenvalue weighted by Gasteiger charge is -2.11. The molecule has 0 atom stereocenters. The van der Waals surface area contributed by atoms with Gasteiger partial charge in [0.05, 0.1) is 10.0 Å². The van der Waals surface area contributed by atoms with Crippen LogP contribution in [0, 0.1) is 0 Å². The minimum Gasteiger partial charge on any atom is -0.484 e. The molecule has 3 aromatic carbocycles. The Morgan fingerprint density at radius 1 is 0.926 bits per heavy atom. The first-order chi connectivity index (χ1) is 12.9. The largest absolute Gasteiger partial charge is 0.484 e. The highest BCUT2D eigenvalue weighted by molar-refractivity contribution is 7.89. The monoisotopic (exact) mass is 424 g/mol. The molecule has 6 nitrogen and oxygen atoms in total. The first-order valence-electron chi connectivity index (χ1n) is 7.73. The predicted molar refractivity (Wildman–Crippen MR) is 104 cm³/mol. The molecule has 0 aromatic heterocycles. The Hall–Kier alpha value is -2.32. The number of sulfonamides is 1. The molecule has 3 aromatic rings. The third kappa shape index (κ3) is 4.70. The number of ether oxygens (including phenoxy) is 1. The van der Waals surface area contributed by atoms with Crippen molar-refractivity contribution in [2.24, 2.45) is 0 Å². The molecule has 0 aliphatic carbocycles. The number of hydrogen-bond donors (Lipinski definition) is 2. The van der Waals surface area contributed by atoms with Crippen molar-refractivity contribution in [3.63, 3.8) is 0 Å². The van der Waals surface area contributed by atoms with E-state index in [9.17, 15) is 13.2 Å². The van der Waals surface area contributed by atoms with Crippen LogP contribution in [-0.4, -0.2) is 20.9 Å². The van der Waals surface area contributed by atoms with Gasteiger partial charge in [-0.25, -0.2) is 8.42 Å². The molecule has 3 rings (SSSR count). The number of amides is 1. The Morgan fingerprint density at radius 2 is 1.59 bits per heavy atom. The fourth-order valence-corrected chi connectivity index (χ4v) is 4.36. The summed E-state index contributed by atoms with van der Waals surface area (Å²) in [6.45, 7) is -0.378. The highest BCUT2D eigenvalue weighted by atomic mass is 35.5. The van der Waals surface area contributed by atoms with E-state index < -0.39 is 15.9 Å². The fraction of sp³-hybridized carbons (Fsp3) is 0.0556. The van der Waals surface area contributed by atoms with Crippen LogP contribution in [0.4, 0.5) is 0 Å². The summed E-state index contributed by atoms with van der Waals surface area (Å²) in [6.07, 6.45) is 0. The molecule has 27 heavy (non-hydrogen) atoms. The van der Waals surface area contributed by atoms with Crippen LogP contribution >= 0.6 is 23.2 Å². The van der Waals surface area contributed by atoms with Crippen LogP contribution in [0.2, 0.25) is 10.0 Å². The second-order valence-corrected chi connectivity index (χ2v) is 7.94.